The zero-order valence-corrected chi connectivity index (χ0v) is 10.5. The monoisotopic (exact) mass is 266 g/mol. The van der Waals surface area contributed by atoms with E-state index in [2.05, 4.69) is 0 Å². The Morgan fingerprint density at radius 1 is 0.895 bits per heavy atom. The Morgan fingerprint density at radius 2 is 1.37 bits per heavy atom. The van der Waals surface area contributed by atoms with Crippen LogP contribution in [-0.4, -0.2) is 5.11 Å². The zero-order chi connectivity index (χ0) is 14.2. The number of aryl methyl sites for hydroxylation is 2. The molecular weight excluding hydrogens is 253 g/mol. The average Bonchev–Trinajstić information content (AvgIpc) is 2.26. The first-order chi connectivity index (χ1) is 8.91. The highest BCUT2D eigenvalue weighted by Crippen LogP contribution is 2.31. The molecule has 2 aromatic rings. The van der Waals surface area contributed by atoms with E-state index in [0.717, 1.165) is 12.1 Å². The second kappa shape index (κ2) is 5.05. The van der Waals surface area contributed by atoms with E-state index < -0.39 is 29.1 Å². The van der Waals surface area contributed by atoms with E-state index in [0.29, 0.717) is 16.7 Å². The number of aliphatic hydroxyl groups is 1. The summed E-state index contributed by atoms with van der Waals surface area (Å²) < 4.78 is 40.5. The minimum atomic E-state index is -1.46. The van der Waals surface area contributed by atoms with Gasteiger partial charge in [0.25, 0.3) is 0 Å². The summed E-state index contributed by atoms with van der Waals surface area (Å²) in [5.74, 6) is -2.09. The molecule has 1 unspecified atom stereocenters. The largest absolute Gasteiger partial charge is 0.383 e. The van der Waals surface area contributed by atoms with Crippen LogP contribution in [0.1, 0.15) is 28.4 Å². The molecule has 0 spiro atoms. The van der Waals surface area contributed by atoms with E-state index in [9.17, 15) is 18.3 Å². The Balaban J connectivity index is 2.60. The van der Waals surface area contributed by atoms with Gasteiger partial charge in [0, 0.05) is 0 Å². The molecule has 0 aliphatic rings. The number of hydrogen-bond acceptors (Lipinski definition) is 1. The van der Waals surface area contributed by atoms with Crippen molar-refractivity contribution in [3.63, 3.8) is 0 Å². The first kappa shape index (κ1) is 13.6. The van der Waals surface area contributed by atoms with Crippen molar-refractivity contribution in [2.24, 2.45) is 0 Å². The van der Waals surface area contributed by atoms with Crippen LogP contribution in [0.5, 0.6) is 0 Å². The molecule has 0 saturated heterocycles. The first-order valence-corrected chi connectivity index (χ1v) is 5.80. The smallest absolute Gasteiger partial charge is 0.132 e. The molecule has 0 heterocycles. The van der Waals surface area contributed by atoms with Crippen molar-refractivity contribution in [3.8, 4) is 0 Å². The molecule has 0 aromatic heterocycles. The van der Waals surface area contributed by atoms with Gasteiger partial charge < -0.3 is 5.11 Å². The third kappa shape index (κ3) is 2.49. The Kier molecular flexibility index (Phi) is 3.62. The zero-order valence-electron chi connectivity index (χ0n) is 10.5. The van der Waals surface area contributed by atoms with Gasteiger partial charge in [-0.1, -0.05) is 6.07 Å². The number of hydrogen-bond donors (Lipinski definition) is 1. The van der Waals surface area contributed by atoms with Crippen LogP contribution in [0.4, 0.5) is 13.2 Å². The fourth-order valence-corrected chi connectivity index (χ4v) is 2.27. The van der Waals surface area contributed by atoms with Crippen LogP contribution in [0.15, 0.2) is 30.3 Å². The highest BCUT2D eigenvalue weighted by atomic mass is 19.1. The van der Waals surface area contributed by atoms with Crippen LogP contribution in [0.3, 0.4) is 0 Å². The molecule has 1 atom stereocenters. The summed E-state index contributed by atoms with van der Waals surface area (Å²) in [6.45, 7) is 3.18. The molecule has 0 amide bonds. The molecule has 0 bridgehead atoms. The van der Waals surface area contributed by atoms with Crippen molar-refractivity contribution in [2.75, 3.05) is 0 Å². The summed E-state index contributed by atoms with van der Waals surface area (Å²) in [6.07, 6.45) is -1.46. The summed E-state index contributed by atoms with van der Waals surface area (Å²) in [7, 11) is 0. The molecule has 0 aliphatic heterocycles. The summed E-state index contributed by atoms with van der Waals surface area (Å²) in [6, 6.07) is 5.84. The maximum atomic E-state index is 13.7. The van der Waals surface area contributed by atoms with Gasteiger partial charge in [0.05, 0.1) is 5.56 Å². The predicted molar refractivity (Wildman–Crippen MR) is 66.3 cm³/mol. The minimum Gasteiger partial charge on any atom is -0.383 e. The molecule has 19 heavy (non-hydrogen) atoms. The lowest BCUT2D eigenvalue weighted by Gasteiger charge is -2.18. The Hall–Kier alpha value is -1.81. The van der Waals surface area contributed by atoms with Gasteiger partial charge in [0.1, 0.15) is 23.6 Å². The van der Waals surface area contributed by atoms with Crippen LogP contribution in [0, 0.1) is 31.3 Å². The molecule has 4 heteroatoms. The lowest BCUT2D eigenvalue weighted by atomic mass is 9.93. The predicted octanol–water partition coefficient (Wildman–Crippen LogP) is 3.80. The number of halogens is 3. The summed E-state index contributed by atoms with van der Waals surface area (Å²) in [5, 5.41) is 10.2. The molecule has 0 aliphatic carbocycles. The second-order valence-corrected chi connectivity index (χ2v) is 4.49. The summed E-state index contributed by atoms with van der Waals surface area (Å²) >= 11 is 0. The lowest BCUT2D eigenvalue weighted by Crippen LogP contribution is -2.09. The molecule has 0 saturated carbocycles. The molecule has 1 nitrogen and oxygen atoms in total. The van der Waals surface area contributed by atoms with Crippen molar-refractivity contribution in [1.82, 2.24) is 0 Å². The average molecular weight is 266 g/mol. The Labute approximate surface area is 109 Å². The van der Waals surface area contributed by atoms with Crippen molar-refractivity contribution in [3.05, 3.63) is 70.0 Å². The molecule has 1 N–H and O–H groups in total. The van der Waals surface area contributed by atoms with E-state index in [-0.39, 0.29) is 0 Å². The van der Waals surface area contributed by atoms with E-state index in [1.54, 1.807) is 13.8 Å². The highest BCUT2D eigenvalue weighted by molar-refractivity contribution is 5.41. The standard InChI is InChI=1S/C15H13F3O/c1-8-6-10(16)7-9(2)13(8)15(19)14-11(17)4-3-5-12(14)18/h3-7,15,19H,1-2H3. The Bertz CT molecular complexity index is 580. The van der Waals surface area contributed by atoms with Gasteiger partial charge in [-0.25, -0.2) is 13.2 Å². The van der Waals surface area contributed by atoms with Gasteiger partial charge in [0.15, 0.2) is 0 Å². The fraction of sp³-hybridized carbons (Fsp3) is 0.200. The molecular formula is C15H13F3O. The van der Waals surface area contributed by atoms with Gasteiger partial charge in [0.2, 0.25) is 0 Å². The Morgan fingerprint density at radius 3 is 1.84 bits per heavy atom. The van der Waals surface area contributed by atoms with Gasteiger partial charge in [-0.2, -0.15) is 0 Å². The van der Waals surface area contributed by atoms with Crippen molar-refractivity contribution in [1.29, 1.82) is 0 Å². The number of rotatable bonds is 2. The number of aliphatic hydroxyl groups excluding tert-OH is 1. The van der Waals surface area contributed by atoms with E-state index >= 15 is 0 Å². The molecule has 0 fully saturated rings. The highest BCUT2D eigenvalue weighted by Gasteiger charge is 2.22. The van der Waals surface area contributed by atoms with Gasteiger partial charge in [-0.15, -0.1) is 0 Å². The van der Waals surface area contributed by atoms with Crippen molar-refractivity contribution < 1.29 is 18.3 Å². The van der Waals surface area contributed by atoms with Gasteiger partial charge in [-0.3, -0.25) is 0 Å². The van der Waals surface area contributed by atoms with Crippen LogP contribution in [0.2, 0.25) is 0 Å². The van der Waals surface area contributed by atoms with Crippen molar-refractivity contribution >= 4 is 0 Å². The minimum absolute atomic E-state index is 0.324. The summed E-state index contributed by atoms with van der Waals surface area (Å²) in [4.78, 5) is 0. The summed E-state index contributed by atoms with van der Waals surface area (Å²) in [5.41, 5.74) is 0.811. The maximum Gasteiger partial charge on any atom is 0.132 e. The fourth-order valence-electron chi connectivity index (χ4n) is 2.27. The van der Waals surface area contributed by atoms with E-state index in [1.807, 2.05) is 0 Å². The van der Waals surface area contributed by atoms with E-state index in [4.69, 9.17) is 0 Å². The topological polar surface area (TPSA) is 20.2 Å². The lowest BCUT2D eigenvalue weighted by molar-refractivity contribution is 0.207. The third-order valence-corrected chi connectivity index (χ3v) is 3.11. The third-order valence-electron chi connectivity index (χ3n) is 3.11. The molecule has 2 rings (SSSR count). The van der Waals surface area contributed by atoms with Gasteiger partial charge in [-0.05, 0) is 54.8 Å². The SMILES string of the molecule is Cc1cc(F)cc(C)c1C(O)c1c(F)cccc1F. The molecule has 2 aromatic carbocycles. The molecule has 100 valence electrons. The van der Waals surface area contributed by atoms with Crippen LogP contribution < -0.4 is 0 Å². The van der Waals surface area contributed by atoms with Crippen LogP contribution >= 0.6 is 0 Å². The van der Waals surface area contributed by atoms with Gasteiger partial charge >= 0.3 is 0 Å². The first-order valence-electron chi connectivity index (χ1n) is 5.80. The molecule has 0 radical (unpaired) electrons. The van der Waals surface area contributed by atoms with Crippen LogP contribution in [-0.2, 0) is 0 Å². The van der Waals surface area contributed by atoms with E-state index in [1.165, 1.54) is 18.2 Å². The van der Waals surface area contributed by atoms with Crippen LogP contribution in [0.25, 0.3) is 0 Å². The number of benzene rings is 2. The normalized spacial score (nSPS) is 12.5. The second-order valence-electron chi connectivity index (χ2n) is 4.49. The maximum absolute atomic E-state index is 13.7. The quantitative estimate of drug-likeness (QED) is 0.876. The van der Waals surface area contributed by atoms with Crippen molar-refractivity contribution in [2.45, 2.75) is 20.0 Å².